The summed E-state index contributed by atoms with van der Waals surface area (Å²) in [7, 11) is 0. The van der Waals surface area contributed by atoms with Gasteiger partial charge in [0.2, 0.25) is 5.91 Å². The Hall–Kier alpha value is -1.68. The number of benzene rings is 1. The molecule has 4 nitrogen and oxygen atoms in total. The van der Waals surface area contributed by atoms with E-state index in [4.69, 9.17) is 4.74 Å². The first kappa shape index (κ1) is 11.4. The van der Waals surface area contributed by atoms with E-state index < -0.39 is 0 Å². The first-order valence-corrected chi connectivity index (χ1v) is 6.26. The molecular formula is C14H15NO3. The van der Waals surface area contributed by atoms with Gasteiger partial charge < -0.3 is 10.1 Å². The summed E-state index contributed by atoms with van der Waals surface area (Å²) < 4.78 is 5.59. The van der Waals surface area contributed by atoms with E-state index in [2.05, 4.69) is 5.32 Å². The summed E-state index contributed by atoms with van der Waals surface area (Å²) in [6, 6.07) is 5.37. The monoisotopic (exact) mass is 245 g/mol. The minimum Gasteiger partial charge on any atom is -0.367 e. The molecule has 0 aliphatic carbocycles. The number of rotatable bonds is 2. The summed E-state index contributed by atoms with van der Waals surface area (Å²) in [5, 5.41) is 2.76. The molecule has 2 aliphatic heterocycles. The van der Waals surface area contributed by atoms with Crippen molar-refractivity contribution in [3.8, 4) is 0 Å². The summed E-state index contributed by atoms with van der Waals surface area (Å²) >= 11 is 0. The first-order chi connectivity index (χ1) is 8.63. The standard InChI is InChI=1S/C14H15NO3/c1-8-2-5-12(18-8)14(17)9-3-4-11-10(6-9)7-13(16)15-11/h3-4,6,8,12H,2,5,7H2,1H3,(H,15,16). The molecule has 2 aliphatic rings. The number of ketones is 1. The van der Waals surface area contributed by atoms with Crippen LogP contribution in [0.25, 0.3) is 0 Å². The molecule has 2 atom stereocenters. The molecule has 0 spiro atoms. The van der Waals surface area contributed by atoms with E-state index in [1.807, 2.05) is 13.0 Å². The average Bonchev–Trinajstić information content (AvgIpc) is 2.92. The van der Waals surface area contributed by atoms with Crippen LogP contribution in [0.2, 0.25) is 0 Å². The lowest BCUT2D eigenvalue weighted by molar-refractivity contribution is -0.115. The van der Waals surface area contributed by atoms with Gasteiger partial charge in [-0.1, -0.05) is 0 Å². The lowest BCUT2D eigenvalue weighted by Crippen LogP contribution is -2.20. The van der Waals surface area contributed by atoms with Crippen LogP contribution in [0.3, 0.4) is 0 Å². The lowest BCUT2D eigenvalue weighted by Gasteiger charge is -2.10. The number of hydrogen-bond donors (Lipinski definition) is 1. The van der Waals surface area contributed by atoms with Crippen LogP contribution in [0.5, 0.6) is 0 Å². The van der Waals surface area contributed by atoms with Gasteiger partial charge in [-0.25, -0.2) is 0 Å². The molecule has 1 N–H and O–H groups in total. The van der Waals surface area contributed by atoms with Crippen LogP contribution in [0, 0.1) is 0 Å². The van der Waals surface area contributed by atoms with Gasteiger partial charge in [-0.05, 0) is 43.5 Å². The van der Waals surface area contributed by atoms with Gasteiger partial charge in [0.05, 0.1) is 12.5 Å². The van der Waals surface area contributed by atoms with Gasteiger partial charge >= 0.3 is 0 Å². The number of fused-ring (bicyclic) bond motifs is 1. The number of Topliss-reactive ketones (excluding diaryl/α,β-unsaturated/α-hetero) is 1. The Balaban J connectivity index is 1.83. The largest absolute Gasteiger partial charge is 0.367 e. The van der Waals surface area contributed by atoms with Crippen molar-refractivity contribution in [1.29, 1.82) is 0 Å². The molecule has 0 aromatic heterocycles. The van der Waals surface area contributed by atoms with Crippen molar-refractivity contribution in [2.45, 2.75) is 38.4 Å². The normalized spacial score (nSPS) is 25.9. The Labute approximate surface area is 105 Å². The number of anilines is 1. The Morgan fingerprint density at radius 2 is 2.22 bits per heavy atom. The molecular weight excluding hydrogens is 230 g/mol. The molecule has 2 unspecified atom stereocenters. The quantitative estimate of drug-likeness (QED) is 0.810. The number of ether oxygens (including phenoxy) is 1. The SMILES string of the molecule is CC1CCC(C(=O)c2ccc3c(c2)CC(=O)N3)O1. The van der Waals surface area contributed by atoms with Crippen LogP contribution in [-0.2, 0) is 16.0 Å². The average molecular weight is 245 g/mol. The van der Waals surface area contributed by atoms with E-state index >= 15 is 0 Å². The van der Waals surface area contributed by atoms with Gasteiger partial charge in [0.15, 0.2) is 5.78 Å². The van der Waals surface area contributed by atoms with E-state index in [1.54, 1.807) is 12.1 Å². The van der Waals surface area contributed by atoms with Gasteiger partial charge in [-0.3, -0.25) is 9.59 Å². The molecule has 94 valence electrons. The van der Waals surface area contributed by atoms with Crippen LogP contribution >= 0.6 is 0 Å². The molecule has 1 amide bonds. The fourth-order valence-corrected chi connectivity index (χ4v) is 2.56. The highest BCUT2D eigenvalue weighted by Crippen LogP contribution is 2.27. The van der Waals surface area contributed by atoms with Crippen molar-refractivity contribution in [2.75, 3.05) is 5.32 Å². The van der Waals surface area contributed by atoms with E-state index in [1.165, 1.54) is 0 Å². The van der Waals surface area contributed by atoms with Gasteiger partial charge in [0.25, 0.3) is 0 Å². The highest BCUT2D eigenvalue weighted by Gasteiger charge is 2.29. The topological polar surface area (TPSA) is 55.4 Å². The second-order valence-electron chi connectivity index (χ2n) is 4.97. The van der Waals surface area contributed by atoms with Gasteiger partial charge in [-0.15, -0.1) is 0 Å². The summed E-state index contributed by atoms with van der Waals surface area (Å²) in [6.07, 6.45) is 1.92. The third kappa shape index (κ3) is 1.93. The highest BCUT2D eigenvalue weighted by molar-refractivity contribution is 6.03. The third-order valence-corrected chi connectivity index (χ3v) is 3.54. The first-order valence-electron chi connectivity index (χ1n) is 6.26. The van der Waals surface area contributed by atoms with Crippen LogP contribution in [-0.4, -0.2) is 23.9 Å². The third-order valence-electron chi connectivity index (χ3n) is 3.54. The second-order valence-corrected chi connectivity index (χ2v) is 4.97. The van der Waals surface area contributed by atoms with E-state index in [0.29, 0.717) is 12.0 Å². The van der Waals surface area contributed by atoms with Gasteiger partial charge in [-0.2, -0.15) is 0 Å². The van der Waals surface area contributed by atoms with Crippen LogP contribution in [0.15, 0.2) is 18.2 Å². The smallest absolute Gasteiger partial charge is 0.228 e. The maximum atomic E-state index is 12.2. The molecule has 0 saturated carbocycles. The zero-order valence-corrected chi connectivity index (χ0v) is 10.2. The zero-order chi connectivity index (χ0) is 12.7. The number of carbonyl (C=O) groups is 2. The minimum atomic E-state index is -0.317. The summed E-state index contributed by atoms with van der Waals surface area (Å²) in [6.45, 7) is 1.98. The van der Waals surface area contributed by atoms with E-state index in [-0.39, 0.29) is 23.9 Å². The van der Waals surface area contributed by atoms with E-state index in [0.717, 1.165) is 24.1 Å². The highest BCUT2D eigenvalue weighted by atomic mass is 16.5. The fraction of sp³-hybridized carbons (Fsp3) is 0.429. The van der Waals surface area contributed by atoms with Crippen molar-refractivity contribution in [3.05, 3.63) is 29.3 Å². The Kier molecular flexibility index (Phi) is 2.67. The Morgan fingerprint density at radius 3 is 2.94 bits per heavy atom. The fourth-order valence-electron chi connectivity index (χ4n) is 2.56. The molecule has 3 rings (SSSR count). The predicted octanol–water partition coefficient (Wildman–Crippen LogP) is 1.93. The lowest BCUT2D eigenvalue weighted by atomic mass is 10.0. The summed E-state index contributed by atoms with van der Waals surface area (Å²) in [4.78, 5) is 23.5. The molecule has 1 fully saturated rings. The molecule has 1 aromatic carbocycles. The van der Waals surface area contributed by atoms with Crippen molar-refractivity contribution in [1.82, 2.24) is 0 Å². The van der Waals surface area contributed by atoms with Gasteiger partial charge in [0, 0.05) is 11.3 Å². The number of hydrogen-bond acceptors (Lipinski definition) is 3. The van der Waals surface area contributed by atoms with E-state index in [9.17, 15) is 9.59 Å². The minimum absolute atomic E-state index is 0.0136. The number of amides is 1. The molecule has 2 heterocycles. The number of carbonyl (C=O) groups excluding carboxylic acids is 2. The van der Waals surface area contributed by atoms with Crippen LogP contribution in [0.4, 0.5) is 5.69 Å². The van der Waals surface area contributed by atoms with Crippen LogP contribution < -0.4 is 5.32 Å². The van der Waals surface area contributed by atoms with Gasteiger partial charge in [0.1, 0.15) is 6.10 Å². The second kappa shape index (κ2) is 4.21. The maximum absolute atomic E-state index is 12.2. The van der Waals surface area contributed by atoms with Crippen molar-refractivity contribution in [2.24, 2.45) is 0 Å². The molecule has 0 bridgehead atoms. The Morgan fingerprint density at radius 1 is 1.39 bits per heavy atom. The Bertz CT molecular complexity index is 524. The number of nitrogens with one attached hydrogen (secondary N) is 1. The zero-order valence-electron chi connectivity index (χ0n) is 10.2. The van der Waals surface area contributed by atoms with Crippen molar-refractivity contribution >= 4 is 17.4 Å². The summed E-state index contributed by atoms with van der Waals surface area (Å²) in [5.41, 5.74) is 2.36. The predicted molar refractivity (Wildman–Crippen MR) is 66.7 cm³/mol. The molecule has 1 aromatic rings. The molecule has 4 heteroatoms. The maximum Gasteiger partial charge on any atom is 0.228 e. The summed E-state index contributed by atoms with van der Waals surface area (Å²) in [5.74, 6) is 0.0156. The van der Waals surface area contributed by atoms with Crippen LogP contribution in [0.1, 0.15) is 35.7 Å². The molecule has 18 heavy (non-hydrogen) atoms. The molecule has 0 radical (unpaired) electrons. The molecule has 1 saturated heterocycles. The van der Waals surface area contributed by atoms with Crippen molar-refractivity contribution in [3.63, 3.8) is 0 Å². The van der Waals surface area contributed by atoms with Crippen molar-refractivity contribution < 1.29 is 14.3 Å².